The molecule has 0 radical (unpaired) electrons. The number of carbonyl (C=O) groups is 1. The van der Waals surface area contributed by atoms with Crippen molar-refractivity contribution in [2.75, 3.05) is 12.4 Å². The molecule has 19 heavy (non-hydrogen) atoms. The van der Waals surface area contributed by atoms with Crippen molar-refractivity contribution < 1.29 is 13.9 Å². The Morgan fingerprint density at radius 1 is 1.37 bits per heavy atom. The first-order valence-corrected chi connectivity index (χ1v) is 6.17. The molecule has 0 aliphatic heterocycles. The number of carbonyl (C=O) groups excluding carboxylic acids is 1. The summed E-state index contributed by atoms with van der Waals surface area (Å²) in [5.74, 6) is -0.827. The number of anilines is 1. The molecular formula is C13H10BrFN2O2. The Bertz CT molecular complexity index is 619. The lowest BCUT2D eigenvalue weighted by Crippen LogP contribution is -2.13. The van der Waals surface area contributed by atoms with Crippen LogP contribution in [-0.4, -0.2) is 18.0 Å². The van der Waals surface area contributed by atoms with Crippen LogP contribution in [0.15, 0.2) is 41.0 Å². The molecule has 4 nitrogen and oxygen atoms in total. The lowest BCUT2D eigenvalue weighted by Gasteiger charge is -2.07. The van der Waals surface area contributed by atoms with Crippen LogP contribution in [0.4, 0.5) is 10.1 Å². The number of nitrogens with one attached hydrogen (secondary N) is 1. The van der Waals surface area contributed by atoms with Crippen molar-refractivity contribution >= 4 is 27.5 Å². The predicted octanol–water partition coefficient (Wildman–Crippen LogP) is 3.24. The van der Waals surface area contributed by atoms with Crippen LogP contribution in [0.25, 0.3) is 0 Å². The minimum absolute atomic E-state index is 0.124. The smallest absolute Gasteiger partial charge is 0.274 e. The highest BCUT2D eigenvalue weighted by Crippen LogP contribution is 2.21. The Morgan fingerprint density at radius 2 is 2.16 bits per heavy atom. The van der Waals surface area contributed by atoms with E-state index in [4.69, 9.17) is 4.74 Å². The second-order valence-corrected chi connectivity index (χ2v) is 4.46. The van der Waals surface area contributed by atoms with Gasteiger partial charge in [0.05, 0.1) is 7.11 Å². The van der Waals surface area contributed by atoms with Gasteiger partial charge in [0.25, 0.3) is 5.91 Å². The fraction of sp³-hybridized carbons (Fsp3) is 0.0769. The van der Waals surface area contributed by atoms with Gasteiger partial charge in [-0.25, -0.2) is 9.37 Å². The third-order valence-corrected chi connectivity index (χ3v) is 2.80. The molecule has 98 valence electrons. The topological polar surface area (TPSA) is 51.2 Å². The summed E-state index contributed by atoms with van der Waals surface area (Å²) in [4.78, 5) is 15.9. The number of hydrogen-bond acceptors (Lipinski definition) is 3. The molecule has 1 amide bonds. The zero-order valence-electron chi connectivity index (χ0n) is 9.98. The summed E-state index contributed by atoms with van der Waals surface area (Å²) in [6.07, 6.45) is 0. The van der Waals surface area contributed by atoms with Crippen LogP contribution in [-0.2, 0) is 0 Å². The summed E-state index contributed by atoms with van der Waals surface area (Å²) in [7, 11) is 1.38. The maximum absolute atomic E-state index is 13.5. The molecule has 0 bridgehead atoms. The normalized spacial score (nSPS) is 10.1. The fourth-order valence-corrected chi connectivity index (χ4v) is 1.82. The molecule has 2 rings (SSSR count). The average Bonchev–Trinajstić information content (AvgIpc) is 2.39. The van der Waals surface area contributed by atoms with Crippen LogP contribution in [0.1, 0.15) is 10.5 Å². The van der Waals surface area contributed by atoms with Gasteiger partial charge in [0.2, 0.25) is 0 Å². The zero-order chi connectivity index (χ0) is 13.8. The molecule has 2 aromatic rings. The van der Waals surface area contributed by atoms with E-state index < -0.39 is 11.7 Å². The van der Waals surface area contributed by atoms with E-state index in [9.17, 15) is 9.18 Å². The van der Waals surface area contributed by atoms with Gasteiger partial charge in [-0.05, 0) is 40.2 Å². The number of benzene rings is 1. The second-order valence-electron chi connectivity index (χ2n) is 3.65. The number of methoxy groups -OCH3 is 1. The Labute approximate surface area is 117 Å². The molecule has 0 unspecified atom stereocenters. The van der Waals surface area contributed by atoms with E-state index in [0.29, 0.717) is 10.3 Å². The van der Waals surface area contributed by atoms with Crippen molar-refractivity contribution in [2.45, 2.75) is 0 Å². The highest BCUT2D eigenvalue weighted by molar-refractivity contribution is 9.10. The summed E-state index contributed by atoms with van der Waals surface area (Å²) in [5, 5.41) is 2.56. The first-order valence-electron chi connectivity index (χ1n) is 5.37. The van der Waals surface area contributed by atoms with Crippen molar-refractivity contribution in [2.24, 2.45) is 0 Å². The van der Waals surface area contributed by atoms with Gasteiger partial charge in [-0.3, -0.25) is 4.79 Å². The average molecular weight is 325 g/mol. The van der Waals surface area contributed by atoms with Gasteiger partial charge < -0.3 is 10.1 Å². The number of nitrogens with zero attached hydrogens (tertiary/aromatic N) is 1. The molecule has 0 spiro atoms. The van der Waals surface area contributed by atoms with E-state index in [2.05, 4.69) is 26.2 Å². The Kier molecular flexibility index (Phi) is 4.11. The van der Waals surface area contributed by atoms with Crippen LogP contribution < -0.4 is 10.1 Å². The molecule has 0 aliphatic rings. The molecule has 0 saturated heterocycles. The third kappa shape index (κ3) is 3.29. The van der Waals surface area contributed by atoms with E-state index in [0.717, 1.165) is 0 Å². The number of pyridine rings is 1. The van der Waals surface area contributed by atoms with Crippen molar-refractivity contribution in [3.05, 3.63) is 52.5 Å². The van der Waals surface area contributed by atoms with E-state index in [1.54, 1.807) is 24.3 Å². The number of rotatable bonds is 3. The van der Waals surface area contributed by atoms with Crippen LogP contribution in [0.5, 0.6) is 5.75 Å². The van der Waals surface area contributed by atoms with Crippen LogP contribution in [0.3, 0.4) is 0 Å². The molecular weight excluding hydrogens is 315 g/mol. The Morgan fingerprint density at radius 3 is 2.79 bits per heavy atom. The standard InChI is InChI=1S/C13H10BrFN2O2/c1-19-11-6-5-8(7-9(11)15)16-13(18)10-3-2-4-12(14)17-10/h2-7H,1H3,(H,16,18). The maximum atomic E-state index is 13.5. The van der Waals surface area contributed by atoms with Crippen molar-refractivity contribution in [1.82, 2.24) is 4.98 Å². The molecule has 0 fully saturated rings. The molecule has 1 aromatic heterocycles. The molecule has 0 atom stereocenters. The molecule has 1 heterocycles. The third-order valence-electron chi connectivity index (χ3n) is 2.36. The SMILES string of the molecule is COc1ccc(NC(=O)c2cccc(Br)n2)cc1F. The lowest BCUT2D eigenvalue weighted by molar-refractivity contribution is 0.102. The number of ether oxygens (including phenoxy) is 1. The minimum Gasteiger partial charge on any atom is -0.494 e. The van der Waals surface area contributed by atoms with Crippen molar-refractivity contribution in [1.29, 1.82) is 0 Å². The van der Waals surface area contributed by atoms with Crippen LogP contribution in [0, 0.1) is 5.82 Å². The van der Waals surface area contributed by atoms with E-state index in [1.165, 1.54) is 19.2 Å². The Hall–Kier alpha value is -1.95. The first kappa shape index (κ1) is 13.5. The highest BCUT2D eigenvalue weighted by Gasteiger charge is 2.10. The molecule has 0 saturated carbocycles. The fourth-order valence-electron chi connectivity index (χ4n) is 1.47. The van der Waals surface area contributed by atoms with Gasteiger partial charge >= 0.3 is 0 Å². The summed E-state index contributed by atoms with van der Waals surface area (Å²) in [6, 6.07) is 9.16. The predicted molar refractivity (Wildman–Crippen MR) is 72.8 cm³/mol. The van der Waals surface area contributed by atoms with Gasteiger partial charge in [0.15, 0.2) is 11.6 Å². The second kappa shape index (κ2) is 5.79. The van der Waals surface area contributed by atoms with Gasteiger partial charge in [-0.1, -0.05) is 6.07 Å². The van der Waals surface area contributed by atoms with Crippen molar-refractivity contribution in [3.8, 4) is 5.75 Å². The van der Waals surface area contributed by atoms with Gasteiger partial charge in [-0.2, -0.15) is 0 Å². The number of halogens is 2. The van der Waals surface area contributed by atoms with Crippen LogP contribution in [0.2, 0.25) is 0 Å². The van der Waals surface area contributed by atoms with Gasteiger partial charge in [0, 0.05) is 11.8 Å². The molecule has 1 N–H and O–H groups in total. The first-order chi connectivity index (χ1) is 9.10. The molecule has 0 aliphatic carbocycles. The summed E-state index contributed by atoms with van der Waals surface area (Å²) >= 11 is 3.18. The summed E-state index contributed by atoms with van der Waals surface area (Å²) in [6.45, 7) is 0. The van der Waals surface area contributed by atoms with Crippen molar-refractivity contribution in [3.63, 3.8) is 0 Å². The summed E-state index contributed by atoms with van der Waals surface area (Å²) < 4.78 is 18.8. The largest absolute Gasteiger partial charge is 0.494 e. The molecule has 1 aromatic carbocycles. The van der Waals surface area contributed by atoms with Crippen LogP contribution >= 0.6 is 15.9 Å². The van der Waals surface area contributed by atoms with Gasteiger partial charge in [0.1, 0.15) is 10.3 Å². The van der Waals surface area contributed by atoms with E-state index in [-0.39, 0.29) is 11.4 Å². The maximum Gasteiger partial charge on any atom is 0.274 e. The zero-order valence-corrected chi connectivity index (χ0v) is 11.6. The highest BCUT2D eigenvalue weighted by atomic mass is 79.9. The lowest BCUT2D eigenvalue weighted by atomic mass is 10.2. The summed E-state index contributed by atoms with van der Waals surface area (Å²) in [5.41, 5.74) is 0.579. The van der Waals surface area contributed by atoms with Gasteiger partial charge in [-0.15, -0.1) is 0 Å². The number of aromatic nitrogens is 1. The number of amides is 1. The Balaban J connectivity index is 2.17. The number of hydrogen-bond donors (Lipinski definition) is 1. The van der Waals surface area contributed by atoms with E-state index >= 15 is 0 Å². The molecule has 6 heteroatoms. The van der Waals surface area contributed by atoms with E-state index in [1.807, 2.05) is 0 Å². The quantitative estimate of drug-likeness (QED) is 0.882. The monoisotopic (exact) mass is 324 g/mol. The minimum atomic E-state index is -0.539.